The molecule has 5 rings (SSSR count). The highest BCUT2D eigenvalue weighted by molar-refractivity contribution is 5.97. The molecule has 2 amide bonds. The van der Waals surface area contributed by atoms with Gasteiger partial charge in [-0.3, -0.25) is 19.5 Å². The fraction of sp³-hybridized carbons (Fsp3) is 0.536. The lowest BCUT2D eigenvalue weighted by atomic mass is 9.88. The van der Waals surface area contributed by atoms with E-state index < -0.39 is 11.6 Å². The van der Waals surface area contributed by atoms with Crippen molar-refractivity contribution in [1.82, 2.24) is 20.1 Å². The summed E-state index contributed by atoms with van der Waals surface area (Å²) in [4.78, 5) is 36.4. The van der Waals surface area contributed by atoms with E-state index in [1.165, 1.54) is 12.1 Å². The minimum absolute atomic E-state index is 0.0155. The number of morpholine rings is 1. The van der Waals surface area contributed by atoms with E-state index in [2.05, 4.69) is 36.0 Å². The maximum atomic E-state index is 14.3. The average molecular weight is 528 g/mol. The van der Waals surface area contributed by atoms with Gasteiger partial charge in [-0.1, -0.05) is 19.9 Å². The molecule has 3 aliphatic rings. The molecule has 8 nitrogen and oxygen atoms in total. The number of hydrogen-bond donors (Lipinski definition) is 1. The van der Waals surface area contributed by atoms with Gasteiger partial charge >= 0.3 is 0 Å². The number of ether oxygens (including phenoxy) is 1. The second kappa shape index (κ2) is 10.7. The zero-order valence-corrected chi connectivity index (χ0v) is 22.2. The summed E-state index contributed by atoms with van der Waals surface area (Å²) in [6.07, 6.45) is 1.98. The van der Waals surface area contributed by atoms with Crippen molar-refractivity contribution in [2.75, 3.05) is 57.4 Å². The molecule has 3 aliphatic heterocycles. The van der Waals surface area contributed by atoms with E-state index in [1.807, 2.05) is 15.9 Å². The van der Waals surface area contributed by atoms with Gasteiger partial charge in [0.25, 0.3) is 0 Å². The molecule has 0 radical (unpaired) electrons. The third kappa shape index (κ3) is 5.57. The molecule has 2 aromatic rings. The number of rotatable bonds is 6. The number of benzene rings is 1. The lowest BCUT2D eigenvalue weighted by Gasteiger charge is -2.42. The molecule has 38 heavy (non-hydrogen) atoms. The van der Waals surface area contributed by atoms with Gasteiger partial charge in [0.1, 0.15) is 18.2 Å². The standard InChI is InChI=1S/C28H35F2N5O3/c1-18-13-34(22(11-31-18)14-33-6-7-38-16-27(33)37)15-26(36)35-17-28(2,3)23-12-32-21(10-25(23)35)8-19-4-5-20(29)9-24(19)30/h4-5,9-10,12,18,22,31H,6-8,11,13-17H2,1-3H3/t18-,22-/m1/s1. The van der Waals surface area contributed by atoms with Gasteiger partial charge < -0.3 is 19.9 Å². The van der Waals surface area contributed by atoms with Gasteiger partial charge in [-0.15, -0.1) is 0 Å². The third-order valence-electron chi connectivity index (χ3n) is 7.78. The van der Waals surface area contributed by atoms with Crippen molar-refractivity contribution in [1.29, 1.82) is 0 Å². The summed E-state index contributed by atoms with van der Waals surface area (Å²) in [5.41, 5.74) is 2.44. The number of amides is 2. The van der Waals surface area contributed by atoms with Crippen LogP contribution < -0.4 is 10.2 Å². The molecule has 1 aromatic carbocycles. The summed E-state index contributed by atoms with van der Waals surface area (Å²) < 4.78 is 32.9. The van der Waals surface area contributed by atoms with E-state index in [1.54, 1.807) is 6.20 Å². The second-order valence-electron chi connectivity index (χ2n) is 11.3. The van der Waals surface area contributed by atoms with Crippen LogP contribution in [0.1, 0.15) is 37.6 Å². The molecule has 0 saturated carbocycles. The molecule has 10 heteroatoms. The van der Waals surface area contributed by atoms with Crippen LogP contribution in [0, 0.1) is 11.6 Å². The Morgan fingerprint density at radius 2 is 2.08 bits per heavy atom. The van der Waals surface area contributed by atoms with E-state index in [-0.39, 0.29) is 48.9 Å². The van der Waals surface area contributed by atoms with Gasteiger partial charge in [0.05, 0.1) is 18.8 Å². The minimum atomic E-state index is -0.620. The molecule has 1 aromatic heterocycles. The summed E-state index contributed by atoms with van der Waals surface area (Å²) in [6, 6.07) is 5.63. The van der Waals surface area contributed by atoms with Crippen molar-refractivity contribution in [3.05, 3.63) is 58.9 Å². The molecule has 2 atom stereocenters. The number of fused-ring (bicyclic) bond motifs is 1. The van der Waals surface area contributed by atoms with Crippen LogP contribution in [0.25, 0.3) is 0 Å². The molecule has 204 valence electrons. The molecule has 0 bridgehead atoms. The van der Waals surface area contributed by atoms with E-state index in [4.69, 9.17) is 4.74 Å². The summed E-state index contributed by atoms with van der Waals surface area (Å²) in [5.74, 6) is -1.27. The van der Waals surface area contributed by atoms with Crippen molar-refractivity contribution in [2.24, 2.45) is 0 Å². The maximum absolute atomic E-state index is 14.3. The van der Waals surface area contributed by atoms with Crippen LogP contribution in [0.3, 0.4) is 0 Å². The highest BCUT2D eigenvalue weighted by Gasteiger charge is 2.40. The van der Waals surface area contributed by atoms with E-state index in [0.29, 0.717) is 50.6 Å². The Balaban J connectivity index is 1.34. The van der Waals surface area contributed by atoms with Crippen LogP contribution in [0.15, 0.2) is 30.5 Å². The van der Waals surface area contributed by atoms with Crippen molar-refractivity contribution in [2.45, 2.75) is 44.7 Å². The van der Waals surface area contributed by atoms with E-state index >= 15 is 0 Å². The van der Waals surface area contributed by atoms with Gasteiger partial charge in [0.2, 0.25) is 11.8 Å². The average Bonchev–Trinajstić information content (AvgIpc) is 3.14. The summed E-state index contributed by atoms with van der Waals surface area (Å²) >= 11 is 0. The molecular formula is C28H35F2N5O3. The Morgan fingerprint density at radius 3 is 2.84 bits per heavy atom. The van der Waals surface area contributed by atoms with Crippen LogP contribution in [0.2, 0.25) is 0 Å². The summed E-state index contributed by atoms with van der Waals surface area (Å²) in [5, 5.41) is 3.48. The number of anilines is 1. The van der Waals surface area contributed by atoms with Crippen LogP contribution in [-0.4, -0.2) is 91.2 Å². The molecule has 2 saturated heterocycles. The number of carbonyl (C=O) groups excluding carboxylic acids is 2. The summed E-state index contributed by atoms with van der Waals surface area (Å²) in [6.45, 7) is 10.1. The van der Waals surface area contributed by atoms with Crippen molar-refractivity contribution in [3.63, 3.8) is 0 Å². The normalized spacial score (nSPS) is 23.6. The Bertz CT molecular complexity index is 1220. The van der Waals surface area contributed by atoms with Gasteiger partial charge in [-0.05, 0) is 24.6 Å². The topological polar surface area (TPSA) is 78.0 Å². The largest absolute Gasteiger partial charge is 0.370 e. The van der Waals surface area contributed by atoms with Crippen LogP contribution in [0.4, 0.5) is 14.5 Å². The number of pyridine rings is 1. The Labute approximate surface area is 221 Å². The highest BCUT2D eigenvalue weighted by atomic mass is 19.1. The summed E-state index contributed by atoms with van der Waals surface area (Å²) in [7, 11) is 0. The van der Waals surface area contributed by atoms with Gasteiger partial charge in [-0.25, -0.2) is 8.78 Å². The first-order valence-corrected chi connectivity index (χ1v) is 13.2. The third-order valence-corrected chi connectivity index (χ3v) is 7.78. The molecule has 1 N–H and O–H groups in total. The predicted octanol–water partition coefficient (Wildman–Crippen LogP) is 2.10. The maximum Gasteiger partial charge on any atom is 0.248 e. The fourth-order valence-electron chi connectivity index (χ4n) is 5.64. The number of carbonyl (C=O) groups is 2. The second-order valence-corrected chi connectivity index (χ2v) is 11.3. The minimum Gasteiger partial charge on any atom is -0.370 e. The molecule has 4 heterocycles. The van der Waals surface area contributed by atoms with Crippen LogP contribution in [-0.2, 0) is 26.2 Å². The smallest absolute Gasteiger partial charge is 0.248 e. The fourth-order valence-corrected chi connectivity index (χ4v) is 5.64. The van der Waals surface area contributed by atoms with Crippen LogP contribution in [0.5, 0.6) is 0 Å². The monoisotopic (exact) mass is 527 g/mol. The van der Waals surface area contributed by atoms with Gasteiger partial charge in [-0.2, -0.15) is 0 Å². The Kier molecular flexibility index (Phi) is 7.48. The lowest BCUT2D eigenvalue weighted by Crippen LogP contribution is -2.62. The predicted molar refractivity (Wildman–Crippen MR) is 139 cm³/mol. The van der Waals surface area contributed by atoms with Crippen molar-refractivity contribution in [3.8, 4) is 0 Å². The van der Waals surface area contributed by atoms with Crippen LogP contribution >= 0.6 is 0 Å². The highest BCUT2D eigenvalue weighted by Crippen LogP contribution is 2.40. The lowest BCUT2D eigenvalue weighted by molar-refractivity contribution is -0.143. The van der Waals surface area contributed by atoms with Crippen molar-refractivity contribution < 1.29 is 23.1 Å². The number of halogens is 2. The SMILES string of the molecule is C[C@@H]1CN(CC(=O)N2CC(C)(C)c3cnc(Cc4ccc(F)cc4F)cc32)[C@@H](CN2CCOCC2=O)CN1. The first-order valence-electron chi connectivity index (χ1n) is 13.2. The molecular weight excluding hydrogens is 492 g/mol. The van der Waals surface area contributed by atoms with Gasteiger partial charge in [0, 0.05) is 80.2 Å². The van der Waals surface area contributed by atoms with Gasteiger partial charge in [0.15, 0.2) is 0 Å². The van der Waals surface area contributed by atoms with Crippen molar-refractivity contribution >= 4 is 17.5 Å². The quantitative estimate of drug-likeness (QED) is 0.620. The zero-order chi connectivity index (χ0) is 27.0. The zero-order valence-electron chi connectivity index (χ0n) is 22.2. The number of nitrogens with zero attached hydrogens (tertiary/aromatic N) is 4. The molecule has 0 spiro atoms. The van der Waals surface area contributed by atoms with E-state index in [9.17, 15) is 18.4 Å². The number of nitrogens with one attached hydrogen (secondary N) is 1. The first-order chi connectivity index (χ1) is 18.1. The molecule has 0 aliphatic carbocycles. The Hall–Kier alpha value is -2.95. The number of aromatic nitrogens is 1. The number of hydrogen-bond acceptors (Lipinski definition) is 6. The number of piperazine rings is 1. The van der Waals surface area contributed by atoms with E-state index in [0.717, 1.165) is 17.3 Å². The first kappa shape index (κ1) is 26.6. The molecule has 2 fully saturated rings. The molecule has 0 unspecified atom stereocenters. The Morgan fingerprint density at radius 1 is 1.26 bits per heavy atom.